The second-order valence-corrected chi connectivity index (χ2v) is 11.7. The lowest BCUT2D eigenvalue weighted by molar-refractivity contribution is -0.00518. The van der Waals surface area contributed by atoms with Crippen LogP contribution in [-0.4, -0.2) is 72.0 Å². The number of urea groups is 1. The molecule has 4 N–H and O–H groups in total. The Bertz CT molecular complexity index is 1110. The number of nitrogens with one attached hydrogen (secondary N) is 2. The average Bonchev–Trinajstić information content (AvgIpc) is 3.25. The number of thiazole rings is 1. The van der Waals surface area contributed by atoms with E-state index in [4.69, 9.17) is 15.2 Å². The number of rotatable bonds is 4. The minimum atomic E-state index is -0.554. The first-order chi connectivity index (χ1) is 17.5. The van der Waals surface area contributed by atoms with Crippen molar-refractivity contribution in [3.05, 3.63) is 23.6 Å². The second-order valence-electron chi connectivity index (χ2n) is 10.8. The Hall–Kier alpha value is -3.05. The molecule has 11 heteroatoms. The number of hydrogen-bond acceptors (Lipinski definition) is 8. The van der Waals surface area contributed by atoms with Crippen molar-refractivity contribution >= 4 is 40.7 Å². The van der Waals surface area contributed by atoms with Crippen molar-refractivity contribution in [3.63, 3.8) is 0 Å². The van der Waals surface area contributed by atoms with Crippen molar-refractivity contribution in [2.45, 2.75) is 71.3 Å². The van der Waals surface area contributed by atoms with E-state index < -0.39 is 5.60 Å². The molecule has 2 aliphatic rings. The summed E-state index contributed by atoms with van der Waals surface area (Å²) in [4.78, 5) is 33.5. The number of aromatic nitrogens is 1. The Morgan fingerprint density at radius 1 is 1.19 bits per heavy atom. The molecule has 2 aliphatic heterocycles. The zero-order valence-corrected chi connectivity index (χ0v) is 23.1. The van der Waals surface area contributed by atoms with Gasteiger partial charge >= 0.3 is 12.1 Å². The fourth-order valence-electron chi connectivity index (χ4n) is 4.74. The van der Waals surface area contributed by atoms with Gasteiger partial charge in [0.2, 0.25) is 0 Å². The molecule has 3 heterocycles. The van der Waals surface area contributed by atoms with Crippen molar-refractivity contribution in [2.75, 3.05) is 42.1 Å². The molecule has 3 amide bonds. The number of benzene rings is 1. The molecule has 202 valence electrons. The molecule has 0 aliphatic carbocycles. The number of carbonyl (C=O) groups is 2. The Morgan fingerprint density at radius 3 is 2.59 bits per heavy atom. The summed E-state index contributed by atoms with van der Waals surface area (Å²) in [5.74, 6) is 0.468. The molecular formula is C26H38N6O4S. The molecule has 0 spiro atoms. The van der Waals surface area contributed by atoms with Crippen LogP contribution in [0.15, 0.2) is 23.6 Å². The minimum Gasteiger partial charge on any atom is -0.444 e. The predicted octanol–water partition coefficient (Wildman–Crippen LogP) is 4.53. The van der Waals surface area contributed by atoms with Crippen LogP contribution in [0, 0.1) is 0 Å². The third-order valence-corrected chi connectivity index (χ3v) is 7.08. The number of nitrogen functional groups attached to an aromatic ring is 1. The monoisotopic (exact) mass is 530 g/mol. The van der Waals surface area contributed by atoms with Gasteiger partial charge in [-0.1, -0.05) is 0 Å². The van der Waals surface area contributed by atoms with Gasteiger partial charge in [-0.15, -0.1) is 11.3 Å². The number of amides is 3. The van der Waals surface area contributed by atoms with Crippen molar-refractivity contribution in [2.24, 2.45) is 0 Å². The van der Waals surface area contributed by atoms with E-state index in [1.54, 1.807) is 10.3 Å². The van der Waals surface area contributed by atoms with Crippen LogP contribution in [0.1, 0.15) is 47.5 Å². The number of carbonyl (C=O) groups excluding carboxylic acids is 2. The van der Waals surface area contributed by atoms with E-state index in [9.17, 15) is 9.59 Å². The second kappa shape index (κ2) is 11.1. The molecule has 37 heavy (non-hydrogen) atoms. The highest BCUT2D eigenvalue weighted by atomic mass is 32.1. The number of nitrogens with two attached hydrogens (primary N) is 1. The Labute approximate surface area is 222 Å². The van der Waals surface area contributed by atoms with Gasteiger partial charge in [0.15, 0.2) is 0 Å². The van der Waals surface area contributed by atoms with Crippen molar-refractivity contribution < 1.29 is 19.1 Å². The molecule has 2 unspecified atom stereocenters. The molecule has 2 saturated heterocycles. The van der Waals surface area contributed by atoms with Crippen LogP contribution in [0.5, 0.6) is 0 Å². The van der Waals surface area contributed by atoms with Crippen LogP contribution < -0.4 is 21.3 Å². The third-order valence-electron chi connectivity index (χ3n) is 6.19. The summed E-state index contributed by atoms with van der Waals surface area (Å²) in [7, 11) is 0. The van der Waals surface area contributed by atoms with Crippen LogP contribution in [0.2, 0.25) is 0 Å². The van der Waals surface area contributed by atoms with Crippen LogP contribution in [0.4, 0.5) is 26.8 Å². The molecule has 3 atom stereocenters. The summed E-state index contributed by atoms with van der Waals surface area (Å²) >= 11 is 1.44. The number of ether oxygens (including phenoxy) is 2. The zero-order chi connectivity index (χ0) is 26.7. The number of nitrogens with zero attached hydrogens (tertiary/aromatic N) is 3. The SMILES string of the molecule is CC1CN(c2ccc(-c3nc(NC(=O)N[C@H]4CCCN(C(=O)OC(C)(C)C)C4)cs3)cc2N)CC(C)O1. The van der Waals surface area contributed by atoms with Crippen molar-refractivity contribution in [1.29, 1.82) is 0 Å². The highest BCUT2D eigenvalue weighted by molar-refractivity contribution is 7.13. The standard InChI is InChI=1S/C26H38N6O4S/c1-16-12-32(13-17(2)35-16)21-9-8-18(11-20(21)27)23-29-22(15-37-23)30-24(33)28-19-7-6-10-31(14-19)25(34)36-26(3,4)5/h8-9,11,15-17,19H,6-7,10,12-14,27H2,1-5H3,(H2,28,30,33)/t16?,17?,19-/m0/s1. The summed E-state index contributed by atoms with van der Waals surface area (Å²) in [6.45, 7) is 12.3. The zero-order valence-electron chi connectivity index (χ0n) is 22.2. The third kappa shape index (κ3) is 7.26. The summed E-state index contributed by atoms with van der Waals surface area (Å²) in [6.07, 6.45) is 1.53. The van der Waals surface area contributed by atoms with Crippen molar-refractivity contribution in [1.82, 2.24) is 15.2 Å². The molecule has 1 aromatic heterocycles. The quantitative estimate of drug-likeness (QED) is 0.497. The van der Waals surface area contributed by atoms with Crippen LogP contribution in [0.25, 0.3) is 10.6 Å². The van der Waals surface area contributed by atoms with Crippen molar-refractivity contribution in [3.8, 4) is 10.6 Å². The average molecular weight is 531 g/mol. The largest absolute Gasteiger partial charge is 0.444 e. The number of morpholine rings is 1. The van der Waals surface area contributed by atoms with E-state index in [2.05, 4.69) is 34.4 Å². The van der Waals surface area contributed by atoms with Gasteiger partial charge in [-0.25, -0.2) is 14.6 Å². The van der Waals surface area contributed by atoms with Gasteiger partial charge < -0.3 is 30.3 Å². The highest BCUT2D eigenvalue weighted by Gasteiger charge is 2.28. The molecular weight excluding hydrogens is 492 g/mol. The highest BCUT2D eigenvalue weighted by Crippen LogP contribution is 2.33. The van der Waals surface area contributed by atoms with E-state index in [1.165, 1.54) is 11.3 Å². The van der Waals surface area contributed by atoms with Gasteiger partial charge in [-0.3, -0.25) is 5.32 Å². The van der Waals surface area contributed by atoms with Gasteiger partial charge in [0, 0.05) is 43.2 Å². The maximum atomic E-state index is 12.6. The topological polar surface area (TPSA) is 122 Å². The van der Waals surface area contributed by atoms with E-state index in [-0.39, 0.29) is 30.4 Å². The van der Waals surface area contributed by atoms with E-state index >= 15 is 0 Å². The predicted molar refractivity (Wildman–Crippen MR) is 147 cm³/mol. The van der Waals surface area contributed by atoms with Gasteiger partial charge in [-0.05, 0) is 65.7 Å². The van der Waals surface area contributed by atoms with E-state index in [1.807, 2.05) is 39.0 Å². The summed E-state index contributed by atoms with van der Waals surface area (Å²) in [5, 5.41) is 8.34. The molecule has 0 radical (unpaired) electrons. The summed E-state index contributed by atoms with van der Waals surface area (Å²) in [6, 6.07) is 5.45. The molecule has 0 bridgehead atoms. The molecule has 1 aromatic carbocycles. The first-order valence-corrected chi connectivity index (χ1v) is 13.7. The van der Waals surface area contributed by atoms with Crippen LogP contribution in [-0.2, 0) is 9.47 Å². The number of likely N-dealkylation sites (tertiary alicyclic amines) is 1. The normalized spacial score (nSPS) is 22.5. The Kier molecular flexibility index (Phi) is 8.13. The summed E-state index contributed by atoms with van der Waals surface area (Å²) < 4.78 is 11.3. The fourth-order valence-corrected chi connectivity index (χ4v) is 5.49. The first-order valence-electron chi connectivity index (χ1n) is 12.8. The summed E-state index contributed by atoms with van der Waals surface area (Å²) in [5.41, 5.74) is 8.44. The molecule has 10 nitrogen and oxygen atoms in total. The first kappa shape index (κ1) is 27.0. The lowest BCUT2D eigenvalue weighted by atomic mass is 10.1. The smallest absolute Gasteiger partial charge is 0.410 e. The van der Waals surface area contributed by atoms with Gasteiger partial charge in [0.1, 0.15) is 16.4 Å². The van der Waals surface area contributed by atoms with Crippen LogP contribution >= 0.6 is 11.3 Å². The van der Waals surface area contributed by atoms with Gasteiger partial charge in [-0.2, -0.15) is 0 Å². The fraction of sp³-hybridized carbons (Fsp3) is 0.577. The maximum absolute atomic E-state index is 12.6. The molecule has 0 saturated carbocycles. The van der Waals surface area contributed by atoms with E-state index in [0.29, 0.717) is 24.6 Å². The lowest BCUT2D eigenvalue weighted by Gasteiger charge is -2.37. The minimum absolute atomic E-state index is 0.149. The van der Waals surface area contributed by atoms with E-state index in [0.717, 1.165) is 42.2 Å². The van der Waals surface area contributed by atoms with Crippen LogP contribution in [0.3, 0.4) is 0 Å². The molecule has 2 fully saturated rings. The number of anilines is 3. The number of hydrogen-bond donors (Lipinski definition) is 3. The Balaban J connectivity index is 1.33. The lowest BCUT2D eigenvalue weighted by Crippen LogP contribution is -2.51. The maximum Gasteiger partial charge on any atom is 0.410 e. The van der Waals surface area contributed by atoms with Gasteiger partial charge in [0.25, 0.3) is 0 Å². The molecule has 2 aromatic rings. The van der Waals surface area contributed by atoms with Gasteiger partial charge in [0.05, 0.1) is 23.6 Å². The molecule has 4 rings (SSSR count). The number of piperidine rings is 1. The Morgan fingerprint density at radius 2 is 1.92 bits per heavy atom.